The van der Waals surface area contributed by atoms with Crippen LogP contribution in [0.5, 0.6) is 0 Å². The van der Waals surface area contributed by atoms with Crippen LogP contribution in [0.15, 0.2) is 36.4 Å². The third kappa shape index (κ3) is 2.46. The molecule has 0 amide bonds. The highest BCUT2D eigenvalue weighted by molar-refractivity contribution is 5.87. The molecule has 2 atom stereocenters. The molecule has 3 rings (SSSR count). The third-order valence-corrected chi connectivity index (χ3v) is 4.26. The number of benzene rings is 2. The first-order valence-corrected chi connectivity index (χ1v) is 7.64. The second-order valence-electron chi connectivity index (χ2n) is 5.60. The third-order valence-electron chi connectivity index (χ3n) is 4.26. The number of hydrogen-bond acceptors (Lipinski definition) is 2. The fourth-order valence-corrected chi connectivity index (χ4v) is 3.32. The van der Waals surface area contributed by atoms with Crippen LogP contribution in [0.2, 0.25) is 0 Å². The molecule has 1 N–H and O–H groups in total. The highest BCUT2D eigenvalue weighted by atomic mass is 16.5. The van der Waals surface area contributed by atoms with Gasteiger partial charge < -0.3 is 10.1 Å². The van der Waals surface area contributed by atoms with Crippen LogP contribution in [0.1, 0.15) is 36.9 Å². The Labute approximate surface area is 121 Å². The number of rotatable bonds is 4. The fraction of sp³-hybridized carbons (Fsp3) is 0.444. The van der Waals surface area contributed by atoms with Crippen LogP contribution in [0.25, 0.3) is 10.8 Å². The summed E-state index contributed by atoms with van der Waals surface area (Å²) in [6.45, 7) is 6.24. The van der Waals surface area contributed by atoms with Crippen molar-refractivity contribution in [2.24, 2.45) is 0 Å². The lowest BCUT2D eigenvalue weighted by Crippen LogP contribution is -2.32. The average molecular weight is 269 g/mol. The summed E-state index contributed by atoms with van der Waals surface area (Å²) in [6.07, 6.45) is 2.64. The summed E-state index contributed by atoms with van der Waals surface area (Å²) in [7, 11) is 0. The predicted molar refractivity (Wildman–Crippen MR) is 84.1 cm³/mol. The molecule has 0 aromatic heterocycles. The molecule has 2 unspecified atom stereocenters. The van der Waals surface area contributed by atoms with Gasteiger partial charge in [0.05, 0.1) is 12.1 Å². The van der Waals surface area contributed by atoms with Gasteiger partial charge >= 0.3 is 0 Å². The molecule has 0 aliphatic carbocycles. The maximum absolute atomic E-state index is 5.96. The van der Waals surface area contributed by atoms with E-state index in [0.717, 1.165) is 19.6 Å². The number of ether oxygens (including phenoxy) is 1. The van der Waals surface area contributed by atoms with Crippen LogP contribution < -0.4 is 5.32 Å². The van der Waals surface area contributed by atoms with Crippen molar-refractivity contribution in [3.8, 4) is 0 Å². The van der Waals surface area contributed by atoms with Crippen LogP contribution in [-0.4, -0.2) is 19.3 Å². The Bertz CT molecular complexity index is 587. The minimum atomic E-state index is 0.300. The second kappa shape index (κ2) is 5.94. The van der Waals surface area contributed by atoms with E-state index < -0.39 is 0 Å². The summed E-state index contributed by atoms with van der Waals surface area (Å²) in [5, 5.41) is 6.32. The van der Waals surface area contributed by atoms with Crippen LogP contribution in [-0.2, 0) is 4.74 Å². The Morgan fingerprint density at radius 3 is 2.85 bits per heavy atom. The smallest absolute Gasteiger partial charge is 0.0770 e. The van der Waals surface area contributed by atoms with Crippen molar-refractivity contribution < 1.29 is 4.74 Å². The first kappa shape index (κ1) is 13.6. The van der Waals surface area contributed by atoms with Gasteiger partial charge in [0.1, 0.15) is 0 Å². The molecule has 0 spiro atoms. The van der Waals surface area contributed by atoms with Crippen molar-refractivity contribution in [3.63, 3.8) is 0 Å². The highest BCUT2D eigenvalue weighted by Crippen LogP contribution is 2.33. The Balaban J connectivity index is 2.11. The van der Waals surface area contributed by atoms with E-state index in [0.29, 0.717) is 12.1 Å². The van der Waals surface area contributed by atoms with Crippen molar-refractivity contribution >= 4 is 10.8 Å². The van der Waals surface area contributed by atoms with E-state index in [9.17, 15) is 0 Å². The maximum Gasteiger partial charge on any atom is 0.0770 e. The summed E-state index contributed by atoms with van der Waals surface area (Å²) >= 11 is 0. The molecule has 0 saturated carbocycles. The van der Waals surface area contributed by atoms with E-state index in [-0.39, 0.29) is 0 Å². The normalized spacial score (nSPS) is 20.4. The average Bonchev–Trinajstić information content (AvgIpc) is 2.99. The molecule has 2 heteroatoms. The minimum Gasteiger partial charge on any atom is -0.376 e. The van der Waals surface area contributed by atoms with Gasteiger partial charge in [0.25, 0.3) is 0 Å². The van der Waals surface area contributed by atoms with Crippen molar-refractivity contribution in [1.29, 1.82) is 0 Å². The van der Waals surface area contributed by atoms with Gasteiger partial charge in [-0.15, -0.1) is 0 Å². The van der Waals surface area contributed by atoms with Crippen molar-refractivity contribution in [3.05, 3.63) is 47.5 Å². The van der Waals surface area contributed by atoms with E-state index in [1.807, 2.05) is 0 Å². The van der Waals surface area contributed by atoms with Gasteiger partial charge in [-0.1, -0.05) is 43.3 Å². The number of aryl methyl sites for hydroxylation is 1. The summed E-state index contributed by atoms with van der Waals surface area (Å²) in [5.74, 6) is 0. The van der Waals surface area contributed by atoms with Crippen molar-refractivity contribution in [1.82, 2.24) is 5.32 Å². The fourth-order valence-electron chi connectivity index (χ4n) is 3.32. The maximum atomic E-state index is 5.96. The molecule has 1 aliphatic rings. The standard InChI is InChI=1S/C18H23NO/c1-3-19-18(16-9-6-12-20-16)17-13(2)10-11-14-7-4-5-8-15(14)17/h4-5,7-8,10-11,16,18-19H,3,6,9,12H2,1-2H3. The molecule has 0 radical (unpaired) electrons. The molecule has 0 bridgehead atoms. The molecule has 2 aromatic rings. The topological polar surface area (TPSA) is 21.3 Å². The quantitative estimate of drug-likeness (QED) is 0.906. The number of nitrogens with one attached hydrogen (secondary N) is 1. The van der Waals surface area contributed by atoms with Gasteiger partial charge in [-0.25, -0.2) is 0 Å². The minimum absolute atomic E-state index is 0.300. The molecule has 2 nitrogen and oxygen atoms in total. The summed E-state index contributed by atoms with van der Waals surface area (Å²) < 4.78 is 5.96. The molecule has 2 aromatic carbocycles. The van der Waals surface area contributed by atoms with Gasteiger partial charge in [-0.2, -0.15) is 0 Å². The monoisotopic (exact) mass is 269 g/mol. The summed E-state index contributed by atoms with van der Waals surface area (Å²) in [6, 6.07) is 13.4. The first-order valence-electron chi connectivity index (χ1n) is 7.64. The molecule has 1 aliphatic heterocycles. The molecular formula is C18H23NO. The highest BCUT2D eigenvalue weighted by Gasteiger charge is 2.28. The summed E-state index contributed by atoms with van der Waals surface area (Å²) in [5.41, 5.74) is 2.77. The van der Waals surface area contributed by atoms with Gasteiger partial charge in [0, 0.05) is 6.61 Å². The zero-order chi connectivity index (χ0) is 13.9. The lowest BCUT2D eigenvalue weighted by atomic mass is 9.90. The lowest BCUT2D eigenvalue weighted by Gasteiger charge is -2.27. The molecular weight excluding hydrogens is 246 g/mol. The Kier molecular flexibility index (Phi) is 4.04. The van der Waals surface area contributed by atoms with E-state index in [2.05, 4.69) is 55.6 Å². The number of hydrogen-bond donors (Lipinski definition) is 1. The summed E-state index contributed by atoms with van der Waals surface area (Å²) in [4.78, 5) is 0. The predicted octanol–water partition coefficient (Wildman–Crippen LogP) is 3.98. The van der Waals surface area contributed by atoms with Crippen LogP contribution in [0, 0.1) is 6.92 Å². The molecule has 20 heavy (non-hydrogen) atoms. The van der Waals surface area contributed by atoms with Gasteiger partial charge in [0.2, 0.25) is 0 Å². The van der Waals surface area contributed by atoms with Gasteiger partial charge in [-0.3, -0.25) is 0 Å². The zero-order valence-electron chi connectivity index (χ0n) is 12.4. The van der Waals surface area contributed by atoms with Crippen molar-refractivity contribution in [2.45, 2.75) is 38.8 Å². The van der Waals surface area contributed by atoms with Gasteiger partial charge in [-0.05, 0) is 48.2 Å². The van der Waals surface area contributed by atoms with E-state index in [1.54, 1.807) is 0 Å². The van der Waals surface area contributed by atoms with E-state index in [1.165, 1.54) is 28.3 Å². The molecule has 1 fully saturated rings. The molecule has 106 valence electrons. The van der Waals surface area contributed by atoms with E-state index >= 15 is 0 Å². The van der Waals surface area contributed by atoms with Crippen LogP contribution in [0.3, 0.4) is 0 Å². The largest absolute Gasteiger partial charge is 0.376 e. The Morgan fingerprint density at radius 1 is 1.25 bits per heavy atom. The Morgan fingerprint density at radius 2 is 2.10 bits per heavy atom. The molecule has 1 heterocycles. The second-order valence-corrected chi connectivity index (χ2v) is 5.60. The van der Waals surface area contributed by atoms with Gasteiger partial charge in [0.15, 0.2) is 0 Å². The number of likely N-dealkylation sites (N-methyl/N-ethyl adjacent to an activating group) is 1. The van der Waals surface area contributed by atoms with Crippen molar-refractivity contribution in [2.75, 3.05) is 13.2 Å². The molecule has 1 saturated heterocycles. The first-order chi connectivity index (χ1) is 9.81. The zero-order valence-corrected chi connectivity index (χ0v) is 12.4. The van der Waals surface area contributed by atoms with Crippen LogP contribution in [0.4, 0.5) is 0 Å². The SMILES string of the molecule is CCNC(c1c(C)ccc2ccccc12)C1CCCO1. The van der Waals surface area contributed by atoms with E-state index in [4.69, 9.17) is 4.74 Å². The van der Waals surface area contributed by atoms with Crippen LogP contribution >= 0.6 is 0 Å². The number of fused-ring (bicyclic) bond motifs is 1. The lowest BCUT2D eigenvalue weighted by molar-refractivity contribution is 0.0790. The Hall–Kier alpha value is -1.38.